The molecule has 1 saturated heterocycles. The molecule has 3 amide bonds. The number of amides is 3. The molecule has 0 spiro atoms. The molecule has 1 fully saturated rings. The first-order chi connectivity index (χ1) is 15.5. The molecule has 0 aliphatic carbocycles. The quantitative estimate of drug-likeness (QED) is 0.409. The van der Waals surface area contributed by atoms with E-state index in [2.05, 4.69) is 10.6 Å². The van der Waals surface area contributed by atoms with Crippen molar-refractivity contribution in [3.63, 3.8) is 0 Å². The third kappa shape index (κ3) is 7.02. The Morgan fingerprint density at radius 3 is 2.24 bits per heavy atom. The lowest BCUT2D eigenvalue weighted by molar-refractivity contribution is -0.143. The highest BCUT2D eigenvalue weighted by atomic mass is 16.4. The van der Waals surface area contributed by atoms with E-state index in [1.54, 1.807) is 38.1 Å². The SMILES string of the molecule is CC(C)C(N)C(=O)N1CCCC1C(=O)NC(C(=O)NC(Cc1ccccc1)C(=O)O)C(C)C. The molecule has 1 aromatic rings. The van der Waals surface area contributed by atoms with Crippen molar-refractivity contribution in [2.45, 2.75) is 71.1 Å². The summed E-state index contributed by atoms with van der Waals surface area (Å²) >= 11 is 0. The second-order valence-electron chi connectivity index (χ2n) is 9.28. The van der Waals surface area contributed by atoms with E-state index < -0.39 is 42.0 Å². The molecule has 1 aliphatic heterocycles. The summed E-state index contributed by atoms with van der Waals surface area (Å²) in [6.07, 6.45) is 1.28. The number of rotatable bonds is 10. The highest BCUT2D eigenvalue weighted by Crippen LogP contribution is 2.20. The van der Waals surface area contributed by atoms with E-state index in [1.807, 2.05) is 19.9 Å². The van der Waals surface area contributed by atoms with Gasteiger partial charge >= 0.3 is 5.97 Å². The molecule has 9 nitrogen and oxygen atoms in total. The maximum absolute atomic E-state index is 13.0. The lowest BCUT2D eigenvalue weighted by atomic mass is 10.0. The predicted octanol–water partition coefficient (Wildman–Crippen LogP) is 0.914. The van der Waals surface area contributed by atoms with Crippen LogP contribution in [0.15, 0.2) is 30.3 Å². The minimum Gasteiger partial charge on any atom is -0.480 e. The maximum Gasteiger partial charge on any atom is 0.326 e. The fourth-order valence-corrected chi connectivity index (χ4v) is 3.88. The van der Waals surface area contributed by atoms with Crippen molar-refractivity contribution in [1.29, 1.82) is 0 Å². The lowest BCUT2D eigenvalue weighted by Gasteiger charge is -2.30. The monoisotopic (exact) mass is 460 g/mol. The van der Waals surface area contributed by atoms with Crippen LogP contribution in [0.2, 0.25) is 0 Å². The third-order valence-electron chi connectivity index (χ3n) is 5.99. The van der Waals surface area contributed by atoms with Gasteiger partial charge in [-0.1, -0.05) is 58.0 Å². The minimum absolute atomic E-state index is 0.0615. The molecule has 2 rings (SSSR count). The summed E-state index contributed by atoms with van der Waals surface area (Å²) in [5.41, 5.74) is 6.78. The number of carbonyl (C=O) groups excluding carboxylic acids is 3. The summed E-state index contributed by atoms with van der Waals surface area (Å²) in [5, 5.41) is 14.9. The molecule has 0 saturated carbocycles. The van der Waals surface area contributed by atoms with Crippen LogP contribution in [-0.2, 0) is 25.6 Å². The smallest absolute Gasteiger partial charge is 0.326 e. The molecule has 33 heavy (non-hydrogen) atoms. The fraction of sp³-hybridized carbons (Fsp3) is 0.583. The number of aliphatic carboxylic acids is 1. The first kappa shape index (κ1) is 26.3. The zero-order valence-electron chi connectivity index (χ0n) is 19.8. The number of likely N-dealkylation sites (tertiary alicyclic amines) is 1. The van der Waals surface area contributed by atoms with Gasteiger partial charge in [0.1, 0.15) is 18.1 Å². The normalized spacial score (nSPS) is 18.6. The molecule has 1 aromatic carbocycles. The van der Waals surface area contributed by atoms with Crippen molar-refractivity contribution in [3.8, 4) is 0 Å². The zero-order valence-corrected chi connectivity index (χ0v) is 19.8. The number of carboxylic acids is 1. The fourth-order valence-electron chi connectivity index (χ4n) is 3.88. The van der Waals surface area contributed by atoms with E-state index >= 15 is 0 Å². The second kappa shape index (κ2) is 11.8. The summed E-state index contributed by atoms with van der Waals surface area (Å²) in [6, 6.07) is 5.54. The van der Waals surface area contributed by atoms with Crippen molar-refractivity contribution in [2.24, 2.45) is 17.6 Å². The van der Waals surface area contributed by atoms with E-state index in [-0.39, 0.29) is 24.2 Å². The second-order valence-corrected chi connectivity index (χ2v) is 9.28. The Morgan fingerprint density at radius 2 is 1.70 bits per heavy atom. The van der Waals surface area contributed by atoms with Crippen LogP contribution in [0.5, 0.6) is 0 Å². The molecule has 9 heteroatoms. The molecule has 4 unspecified atom stereocenters. The van der Waals surface area contributed by atoms with Gasteiger partial charge in [-0.05, 0) is 30.2 Å². The van der Waals surface area contributed by atoms with Crippen LogP contribution in [0.1, 0.15) is 46.1 Å². The zero-order chi connectivity index (χ0) is 24.7. The van der Waals surface area contributed by atoms with Gasteiger partial charge in [-0.3, -0.25) is 14.4 Å². The minimum atomic E-state index is -1.16. The first-order valence-corrected chi connectivity index (χ1v) is 11.5. The first-order valence-electron chi connectivity index (χ1n) is 11.5. The van der Waals surface area contributed by atoms with Crippen molar-refractivity contribution < 1.29 is 24.3 Å². The summed E-state index contributed by atoms with van der Waals surface area (Å²) in [5.74, 6) is -2.78. The van der Waals surface area contributed by atoms with Crippen LogP contribution in [-0.4, -0.2) is 64.4 Å². The van der Waals surface area contributed by atoms with Gasteiger partial charge in [-0.2, -0.15) is 0 Å². The van der Waals surface area contributed by atoms with Crippen molar-refractivity contribution >= 4 is 23.7 Å². The van der Waals surface area contributed by atoms with E-state index in [0.717, 1.165) is 5.56 Å². The molecule has 1 aliphatic rings. The maximum atomic E-state index is 13.0. The molecular formula is C24H36N4O5. The van der Waals surface area contributed by atoms with Gasteiger partial charge in [-0.25, -0.2) is 4.79 Å². The highest BCUT2D eigenvalue weighted by molar-refractivity contribution is 5.94. The van der Waals surface area contributed by atoms with Crippen LogP contribution in [0, 0.1) is 11.8 Å². The topological polar surface area (TPSA) is 142 Å². The number of nitrogens with one attached hydrogen (secondary N) is 2. The molecule has 0 bridgehead atoms. The van der Waals surface area contributed by atoms with Gasteiger partial charge < -0.3 is 26.4 Å². The average Bonchev–Trinajstić information content (AvgIpc) is 3.26. The Hall–Kier alpha value is -2.94. The summed E-state index contributed by atoms with van der Waals surface area (Å²) in [7, 11) is 0. The van der Waals surface area contributed by atoms with Crippen LogP contribution in [0.4, 0.5) is 0 Å². The van der Waals surface area contributed by atoms with Gasteiger partial charge in [0.25, 0.3) is 0 Å². The van der Waals surface area contributed by atoms with Crippen molar-refractivity contribution in [2.75, 3.05) is 6.54 Å². The molecule has 182 valence electrons. The van der Waals surface area contributed by atoms with Gasteiger partial charge in [0.15, 0.2) is 0 Å². The van der Waals surface area contributed by atoms with Gasteiger partial charge in [0.05, 0.1) is 6.04 Å². The van der Waals surface area contributed by atoms with Crippen molar-refractivity contribution in [3.05, 3.63) is 35.9 Å². The van der Waals surface area contributed by atoms with E-state index in [0.29, 0.717) is 19.4 Å². The van der Waals surface area contributed by atoms with Gasteiger partial charge in [-0.15, -0.1) is 0 Å². The number of hydrogen-bond acceptors (Lipinski definition) is 5. The molecule has 1 heterocycles. The van der Waals surface area contributed by atoms with E-state index in [1.165, 1.54) is 4.90 Å². The number of carboxylic acid groups (broad SMARTS) is 1. The highest BCUT2D eigenvalue weighted by Gasteiger charge is 2.39. The summed E-state index contributed by atoms with van der Waals surface area (Å²) in [4.78, 5) is 52.0. The number of nitrogens with zero attached hydrogens (tertiary/aromatic N) is 1. The average molecular weight is 461 g/mol. The number of benzene rings is 1. The van der Waals surface area contributed by atoms with Gasteiger partial charge in [0.2, 0.25) is 17.7 Å². The molecule has 5 N–H and O–H groups in total. The Balaban J connectivity index is 2.09. The Morgan fingerprint density at radius 1 is 1.06 bits per heavy atom. The van der Waals surface area contributed by atoms with Crippen LogP contribution in [0.25, 0.3) is 0 Å². The molecule has 0 aromatic heterocycles. The number of nitrogens with two attached hydrogens (primary N) is 1. The molecular weight excluding hydrogens is 424 g/mol. The summed E-state index contributed by atoms with van der Waals surface area (Å²) in [6.45, 7) is 7.67. The van der Waals surface area contributed by atoms with Crippen LogP contribution < -0.4 is 16.4 Å². The lowest BCUT2D eigenvalue weighted by Crippen LogP contribution is -2.58. The predicted molar refractivity (Wildman–Crippen MR) is 124 cm³/mol. The molecule has 4 atom stereocenters. The summed E-state index contributed by atoms with van der Waals surface area (Å²) < 4.78 is 0. The standard InChI is InChI=1S/C24H36N4O5/c1-14(2)19(25)23(31)28-12-8-11-18(28)21(29)27-20(15(3)4)22(30)26-17(24(32)33)13-16-9-6-5-7-10-16/h5-7,9-10,14-15,17-20H,8,11-13,25H2,1-4H3,(H,26,30)(H,27,29)(H,32,33). The van der Waals surface area contributed by atoms with Crippen LogP contribution in [0.3, 0.4) is 0 Å². The van der Waals surface area contributed by atoms with Crippen LogP contribution >= 0.6 is 0 Å². The number of carbonyl (C=O) groups is 4. The van der Waals surface area contributed by atoms with E-state index in [9.17, 15) is 24.3 Å². The van der Waals surface area contributed by atoms with E-state index in [4.69, 9.17) is 5.73 Å². The Kier molecular flexibility index (Phi) is 9.40. The number of hydrogen-bond donors (Lipinski definition) is 4. The Bertz CT molecular complexity index is 843. The van der Waals surface area contributed by atoms with Crippen molar-refractivity contribution in [1.82, 2.24) is 15.5 Å². The molecule has 0 radical (unpaired) electrons. The van der Waals surface area contributed by atoms with Gasteiger partial charge in [0, 0.05) is 13.0 Å². The Labute approximate surface area is 195 Å². The largest absolute Gasteiger partial charge is 0.480 e. The third-order valence-corrected chi connectivity index (χ3v) is 5.99.